The van der Waals surface area contributed by atoms with E-state index in [4.69, 9.17) is 4.74 Å². The van der Waals surface area contributed by atoms with Crippen LogP contribution >= 0.6 is 11.3 Å². The monoisotopic (exact) mass is 244 g/mol. The molecule has 4 nitrogen and oxygen atoms in total. The topological polar surface area (TPSA) is 51.2 Å². The summed E-state index contributed by atoms with van der Waals surface area (Å²) >= 11 is 1.63. The normalized spacial score (nSPS) is 10.1. The van der Waals surface area contributed by atoms with Crippen LogP contribution in [-0.4, -0.2) is 23.2 Å². The van der Waals surface area contributed by atoms with Crippen LogP contribution in [0.15, 0.2) is 10.9 Å². The lowest BCUT2D eigenvalue weighted by Gasteiger charge is -2.19. The smallest absolute Gasteiger partial charge is 0.407 e. The Morgan fingerprint density at radius 2 is 2.19 bits per heavy atom. The van der Waals surface area contributed by atoms with Crippen molar-refractivity contribution in [1.29, 1.82) is 0 Å². The van der Waals surface area contributed by atoms with Crippen LogP contribution in [0.25, 0.3) is 0 Å². The van der Waals surface area contributed by atoms with Crippen LogP contribution in [0.4, 0.5) is 4.79 Å². The largest absolute Gasteiger partial charge is 0.444 e. The van der Waals surface area contributed by atoms with Crippen LogP contribution in [0.3, 0.4) is 0 Å². The molecule has 0 fully saturated rings. The molecule has 0 aliphatic heterocycles. The van der Waals surface area contributed by atoms with Gasteiger partial charge in [-0.3, -0.25) is 4.98 Å². The van der Waals surface area contributed by atoms with Gasteiger partial charge >= 0.3 is 6.09 Å². The van der Waals surface area contributed by atoms with Crippen molar-refractivity contribution in [3.8, 4) is 0 Å². The fraction of sp³-hybridized carbons (Fsp3) is 0.636. The lowest BCUT2D eigenvalue weighted by atomic mass is 10.2. The highest BCUT2D eigenvalue weighted by atomic mass is 32.1. The van der Waals surface area contributed by atoms with Gasteiger partial charge in [0.25, 0.3) is 0 Å². The zero-order valence-electron chi connectivity index (χ0n) is 10.5. The number of aromatic nitrogens is 1. The average molecular weight is 244 g/mol. The summed E-state index contributed by atoms with van der Waals surface area (Å²) in [5, 5.41) is 4.55. The van der Waals surface area contributed by atoms with E-state index >= 15 is 0 Å². The van der Waals surface area contributed by atoms with Gasteiger partial charge in [-0.2, -0.15) is 0 Å². The minimum absolute atomic E-state index is 0.352. The number of rotatable bonds is 1. The molecule has 0 unspecified atom stereocenters. The lowest BCUT2D eigenvalue weighted by Crippen LogP contribution is -2.32. The van der Waals surface area contributed by atoms with E-state index in [2.05, 4.69) is 10.3 Å². The van der Waals surface area contributed by atoms with Gasteiger partial charge < -0.3 is 10.1 Å². The van der Waals surface area contributed by atoms with Crippen molar-refractivity contribution in [1.82, 2.24) is 10.3 Å². The maximum Gasteiger partial charge on any atom is 0.407 e. The van der Waals surface area contributed by atoms with Crippen LogP contribution in [-0.2, 0) is 4.74 Å². The van der Waals surface area contributed by atoms with Gasteiger partial charge in [-0.25, -0.2) is 4.79 Å². The zero-order chi connectivity index (χ0) is 12.6. The second-order valence-electron chi connectivity index (χ2n) is 4.16. The molecule has 1 aromatic rings. The third-order valence-corrected chi connectivity index (χ3v) is 1.98. The Kier molecular flexibility index (Phi) is 6.72. The number of ether oxygens (including phenoxy) is 1. The molecule has 0 radical (unpaired) electrons. The number of carbonyl (C=O) groups excluding carboxylic acids is 1. The number of hydrogen-bond acceptors (Lipinski definition) is 4. The van der Waals surface area contributed by atoms with Crippen LogP contribution in [0.5, 0.6) is 0 Å². The number of amides is 1. The summed E-state index contributed by atoms with van der Waals surface area (Å²) in [5.41, 5.74) is 2.55. The third kappa shape index (κ3) is 9.45. The van der Waals surface area contributed by atoms with Crippen molar-refractivity contribution in [2.45, 2.75) is 40.2 Å². The van der Waals surface area contributed by atoms with Crippen molar-refractivity contribution in [2.75, 3.05) is 6.54 Å². The predicted molar refractivity (Wildman–Crippen MR) is 66.8 cm³/mol. The summed E-state index contributed by atoms with van der Waals surface area (Å²) in [5.74, 6) is 0. The number of thiazole rings is 1. The molecule has 0 aromatic carbocycles. The number of alkyl carbamates (subject to hydrolysis) is 1. The molecule has 1 heterocycles. The van der Waals surface area contributed by atoms with Crippen LogP contribution in [0.1, 0.15) is 33.4 Å². The average Bonchev–Trinajstić information content (AvgIpc) is 2.53. The molecule has 0 bridgehead atoms. The summed E-state index contributed by atoms with van der Waals surface area (Å²) in [6, 6.07) is 0. The molecule has 0 spiro atoms. The summed E-state index contributed by atoms with van der Waals surface area (Å²) in [7, 11) is 0. The first-order valence-corrected chi connectivity index (χ1v) is 6.11. The Morgan fingerprint density at radius 1 is 1.56 bits per heavy atom. The van der Waals surface area contributed by atoms with Crippen molar-refractivity contribution in [2.24, 2.45) is 0 Å². The lowest BCUT2D eigenvalue weighted by molar-refractivity contribution is 0.0531. The van der Waals surface area contributed by atoms with Gasteiger partial charge in [0.2, 0.25) is 0 Å². The second kappa shape index (κ2) is 7.22. The fourth-order valence-corrected chi connectivity index (χ4v) is 1.28. The van der Waals surface area contributed by atoms with Crippen molar-refractivity contribution in [3.63, 3.8) is 0 Å². The van der Waals surface area contributed by atoms with Gasteiger partial charge in [0, 0.05) is 17.6 Å². The van der Waals surface area contributed by atoms with Crippen molar-refractivity contribution >= 4 is 17.4 Å². The summed E-state index contributed by atoms with van der Waals surface area (Å²) in [6.07, 6.45) is -0.352. The maximum absolute atomic E-state index is 10.7. The molecule has 1 rings (SSSR count). The summed E-state index contributed by atoms with van der Waals surface area (Å²) in [6.45, 7) is 9.95. The van der Waals surface area contributed by atoms with Gasteiger partial charge in [-0.15, -0.1) is 11.3 Å². The molecule has 92 valence electrons. The predicted octanol–water partition coefficient (Wildman–Crippen LogP) is 2.98. The molecule has 0 saturated carbocycles. The van der Waals surface area contributed by atoms with Crippen LogP contribution in [0.2, 0.25) is 0 Å². The molecule has 5 heteroatoms. The molecule has 16 heavy (non-hydrogen) atoms. The van der Waals surface area contributed by atoms with E-state index in [9.17, 15) is 4.79 Å². The Morgan fingerprint density at radius 3 is 2.44 bits per heavy atom. The van der Waals surface area contributed by atoms with E-state index in [1.54, 1.807) is 11.3 Å². The fourth-order valence-electron chi connectivity index (χ4n) is 0.731. The van der Waals surface area contributed by atoms with Crippen LogP contribution < -0.4 is 5.32 Å². The summed E-state index contributed by atoms with van der Waals surface area (Å²) in [4.78, 5) is 14.7. The highest BCUT2D eigenvalue weighted by molar-refractivity contribution is 7.07. The van der Waals surface area contributed by atoms with Crippen LogP contribution in [0, 0.1) is 6.92 Å². The standard InChI is InChI=1S/C7H15NO2.C4H5NS/c1-5-8-6(9)10-7(2,3)4;1-4-2-6-3-5-4/h5H2,1-4H3,(H,8,9);2-3H,1H3. The van der Waals surface area contributed by atoms with Gasteiger partial charge in [-0.05, 0) is 34.6 Å². The van der Waals surface area contributed by atoms with Gasteiger partial charge in [0.05, 0.1) is 5.51 Å². The van der Waals surface area contributed by atoms with Gasteiger partial charge in [0.15, 0.2) is 0 Å². The van der Waals surface area contributed by atoms with E-state index in [1.807, 2.05) is 45.5 Å². The number of hydrogen-bond donors (Lipinski definition) is 1. The molecule has 1 N–H and O–H groups in total. The number of aryl methyl sites for hydroxylation is 1. The second-order valence-corrected chi connectivity index (χ2v) is 4.88. The Bertz CT molecular complexity index is 291. The molecular weight excluding hydrogens is 224 g/mol. The minimum atomic E-state index is -0.390. The molecule has 1 amide bonds. The molecule has 0 aliphatic rings. The Labute approximate surface area is 101 Å². The van der Waals surface area contributed by atoms with Crippen molar-refractivity contribution in [3.05, 3.63) is 16.6 Å². The SMILES string of the molecule is CCNC(=O)OC(C)(C)C.Cc1cscn1. The molecule has 0 atom stereocenters. The molecule has 1 aromatic heterocycles. The van der Waals surface area contributed by atoms with Crippen molar-refractivity contribution < 1.29 is 9.53 Å². The van der Waals surface area contributed by atoms with E-state index in [0.717, 1.165) is 5.69 Å². The summed E-state index contributed by atoms with van der Waals surface area (Å²) < 4.78 is 4.93. The Balaban J connectivity index is 0.000000315. The maximum atomic E-state index is 10.7. The molecular formula is C11H20N2O2S. The number of nitrogens with one attached hydrogen (secondary N) is 1. The first-order valence-electron chi connectivity index (χ1n) is 5.16. The highest BCUT2D eigenvalue weighted by Crippen LogP contribution is 2.05. The van der Waals surface area contributed by atoms with Gasteiger partial charge in [-0.1, -0.05) is 0 Å². The van der Waals surface area contributed by atoms with E-state index in [0.29, 0.717) is 6.54 Å². The highest BCUT2D eigenvalue weighted by Gasteiger charge is 2.14. The first-order chi connectivity index (χ1) is 7.35. The quantitative estimate of drug-likeness (QED) is 0.826. The number of nitrogens with zero attached hydrogens (tertiary/aromatic N) is 1. The van der Waals surface area contributed by atoms with E-state index in [1.165, 1.54) is 0 Å². The number of carbonyl (C=O) groups is 1. The molecule has 0 aliphatic carbocycles. The molecule has 0 saturated heterocycles. The Hall–Kier alpha value is -1.10. The van der Waals surface area contributed by atoms with E-state index in [-0.39, 0.29) is 11.7 Å². The van der Waals surface area contributed by atoms with Gasteiger partial charge in [0.1, 0.15) is 5.60 Å². The minimum Gasteiger partial charge on any atom is -0.444 e. The third-order valence-electron chi connectivity index (χ3n) is 1.28. The van der Waals surface area contributed by atoms with E-state index < -0.39 is 0 Å². The first kappa shape index (κ1) is 14.9. The zero-order valence-corrected chi connectivity index (χ0v) is 11.4.